The predicted octanol–water partition coefficient (Wildman–Crippen LogP) is 9.79. The van der Waals surface area contributed by atoms with Gasteiger partial charge in [-0.2, -0.15) is 0 Å². The van der Waals surface area contributed by atoms with Crippen LogP contribution in [0.4, 0.5) is 0 Å². The third-order valence-corrected chi connectivity index (χ3v) is 9.29. The number of Topliss-reactive ketones (excluding diaryl/α,β-unsaturated/α-hetero) is 1. The number of allylic oxidation sites excluding steroid dienone is 3. The highest BCUT2D eigenvalue weighted by atomic mass is 35.5. The van der Waals surface area contributed by atoms with Gasteiger partial charge in [-0.05, 0) is 91.8 Å². The molecule has 1 atom stereocenters. The molecule has 46 heavy (non-hydrogen) atoms. The van der Waals surface area contributed by atoms with E-state index in [1.165, 1.54) is 0 Å². The molecule has 0 amide bonds. The molecule has 246 valence electrons. The Labute approximate surface area is 279 Å². The van der Waals surface area contributed by atoms with Crippen LogP contribution < -0.4 is 10.6 Å². The van der Waals surface area contributed by atoms with Crippen LogP contribution in [0.15, 0.2) is 53.0 Å². The van der Waals surface area contributed by atoms with Crippen LogP contribution in [-0.2, 0) is 0 Å². The Morgan fingerprint density at radius 3 is 2.30 bits per heavy atom. The SMILES string of the molecule is C=C(C(=O)c1cc(=C)/c(=C(\C=C(/C)c2ccc(Cl)c(C)c2)C(C)(C)C)o1)C(C)(C)CC(CCCC)c1nc(C)cc(C(=O)O)c1C. The van der Waals surface area contributed by atoms with Gasteiger partial charge in [0.1, 0.15) is 5.42 Å². The summed E-state index contributed by atoms with van der Waals surface area (Å²) in [6, 6.07) is 9.29. The first-order valence-corrected chi connectivity index (χ1v) is 16.4. The number of hydrogen-bond donors (Lipinski definition) is 1. The third-order valence-electron chi connectivity index (χ3n) is 8.87. The van der Waals surface area contributed by atoms with Crippen LogP contribution in [-0.4, -0.2) is 21.8 Å². The second-order valence-electron chi connectivity index (χ2n) is 14.3. The molecule has 0 aliphatic carbocycles. The maximum absolute atomic E-state index is 14.0. The lowest BCUT2D eigenvalue weighted by atomic mass is 9.72. The number of halogens is 1. The summed E-state index contributed by atoms with van der Waals surface area (Å²) in [5, 5.41) is 11.2. The number of aromatic nitrogens is 1. The van der Waals surface area contributed by atoms with Crippen molar-refractivity contribution in [3.05, 3.63) is 104 Å². The van der Waals surface area contributed by atoms with E-state index in [4.69, 9.17) is 21.0 Å². The molecule has 3 rings (SSSR count). The van der Waals surface area contributed by atoms with Gasteiger partial charge >= 0.3 is 5.97 Å². The summed E-state index contributed by atoms with van der Waals surface area (Å²) in [7, 11) is 0. The molecular formula is C40H50ClNO4. The van der Waals surface area contributed by atoms with Gasteiger partial charge in [-0.15, -0.1) is 0 Å². The zero-order chi connectivity index (χ0) is 34.7. The third kappa shape index (κ3) is 8.36. The van der Waals surface area contributed by atoms with Gasteiger partial charge < -0.3 is 9.52 Å². The van der Waals surface area contributed by atoms with E-state index in [1.807, 2.05) is 46.8 Å². The number of carboxylic acid groups (broad SMARTS) is 1. The highest BCUT2D eigenvalue weighted by molar-refractivity contribution is 6.31. The number of ketones is 1. The highest BCUT2D eigenvalue weighted by Crippen LogP contribution is 2.41. The number of unbranched alkanes of at least 4 members (excludes halogenated alkanes) is 1. The summed E-state index contributed by atoms with van der Waals surface area (Å²) in [5.74, 6) is -1.07. The van der Waals surface area contributed by atoms with E-state index in [0.717, 1.165) is 52.3 Å². The van der Waals surface area contributed by atoms with Crippen LogP contribution in [0.25, 0.3) is 17.7 Å². The number of rotatable bonds is 12. The summed E-state index contributed by atoms with van der Waals surface area (Å²) < 4.78 is 6.34. The van der Waals surface area contributed by atoms with E-state index in [1.54, 1.807) is 12.1 Å². The number of aromatic carboxylic acids is 1. The molecule has 0 fully saturated rings. The fourth-order valence-electron chi connectivity index (χ4n) is 5.94. The number of furan rings is 1. The average molecular weight is 644 g/mol. The molecule has 1 N–H and O–H groups in total. The van der Waals surface area contributed by atoms with E-state index in [2.05, 4.69) is 59.9 Å². The molecule has 5 nitrogen and oxygen atoms in total. The predicted molar refractivity (Wildman–Crippen MR) is 191 cm³/mol. The second-order valence-corrected chi connectivity index (χ2v) is 14.7. The van der Waals surface area contributed by atoms with E-state index in [-0.39, 0.29) is 28.4 Å². The summed E-state index contributed by atoms with van der Waals surface area (Å²) >= 11 is 6.27. The number of carbonyl (C=O) groups is 2. The summed E-state index contributed by atoms with van der Waals surface area (Å²) in [6.07, 6.45) is 5.46. The summed E-state index contributed by atoms with van der Waals surface area (Å²) in [5.41, 5.74) is 6.50. The quantitative estimate of drug-likeness (QED) is 0.157. The van der Waals surface area contributed by atoms with Crippen LogP contribution >= 0.6 is 11.6 Å². The van der Waals surface area contributed by atoms with Gasteiger partial charge in [-0.1, -0.05) is 97.4 Å². The largest absolute Gasteiger partial charge is 0.478 e. The van der Waals surface area contributed by atoms with Crippen molar-refractivity contribution in [1.29, 1.82) is 0 Å². The van der Waals surface area contributed by atoms with E-state index in [9.17, 15) is 14.7 Å². The Balaban J connectivity index is 2.04. The Kier molecular flexibility index (Phi) is 11.5. The van der Waals surface area contributed by atoms with E-state index >= 15 is 0 Å². The molecule has 1 aromatic carbocycles. The number of carboxylic acids is 1. The second kappa shape index (κ2) is 14.4. The molecule has 1 unspecified atom stereocenters. The van der Waals surface area contributed by atoms with Gasteiger partial charge in [0.2, 0.25) is 5.78 Å². The van der Waals surface area contributed by atoms with Crippen LogP contribution in [0.1, 0.15) is 129 Å². The van der Waals surface area contributed by atoms with Crippen molar-refractivity contribution in [2.45, 2.75) is 101 Å². The monoisotopic (exact) mass is 643 g/mol. The Morgan fingerprint density at radius 1 is 1.09 bits per heavy atom. The average Bonchev–Trinajstić information content (AvgIpc) is 3.35. The number of nitrogens with zero attached hydrogens (tertiary/aromatic N) is 1. The molecule has 0 radical (unpaired) electrons. The van der Waals surface area contributed by atoms with Gasteiger partial charge in [-0.3, -0.25) is 9.78 Å². The molecule has 0 saturated heterocycles. The van der Waals surface area contributed by atoms with Crippen LogP contribution in [0, 0.1) is 31.6 Å². The number of benzene rings is 1. The minimum absolute atomic E-state index is 0.0430. The van der Waals surface area contributed by atoms with Crippen molar-refractivity contribution in [3.63, 3.8) is 0 Å². The van der Waals surface area contributed by atoms with Gasteiger partial charge in [0.15, 0.2) is 5.76 Å². The molecule has 0 aliphatic heterocycles. The first-order chi connectivity index (χ1) is 21.3. The molecular weight excluding hydrogens is 594 g/mol. The summed E-state index contributed by atoms with van der Waals surface area (Å²) in [4.78, 5) is 30.8. The first kappa shape index (κ1) is 36.8. The van der Waals surface area contributed by atoms with Gasteiger partial charge in [0.05, 0.1) is 5.56 Å². The van der Waals surface area contributed by atoms with Crippen molar-refractivity contribution < 1.29 is 19.1 Å². The summed E-state index contributed by atoms with van der Waals surface area (Å²) in [6.45, 7) is 28.7. The van der Waals surface area contributed by atoms with E-state index in [0.29, 0.717) is 33.9 Å². The first-order valence-electron chi connectivity index (χ1n) is 16.0. The number of pyridine rings is 1. The van der Waals surface area contributed by atoms with Crippen molar-refractivity contribution in [2.24, 2.45) is 10.8 Å². The van der Waals surface area contributed by atoms with Crippen LogP contribution in [0.5, 0.6) is 0 Å². The zero-order valence-electron chi connectivity index (χ0n) is 29.3. The fourth-order valence-corrected chi connectivity index (χ4v) is 6.06. The topological polar surface area (TPSA) is 80.4 Å². The molecule has 0 aliphatic rings. The minimum Gasteiger partial charge on any atom is -0.478 e. The molecule has 0 spiro atoms. The molecule has 2 heterocycles. The maximum atomic E-state index is 14.0. The lowest BCUT2D eigenvalue weighted by Crippen LogP contribution is -2.26. The molecule has 2 aromatic heterocycles. The normalized spacial score (nSPS) is 13.8. The smallest absolute Gasteiger partial charge is 0.336 e. The minimum atomic E-state index is -0.963. The zero-order valence-corrected chi connectivity index (χ0v) is 30.0. The molecule has 3 aromatic rings. The maximum Gasteiger partial charge on any atom is 0.336 e. The van der Waals surface area contributed by atoms with Crippen molar-refractivity contribution >= 4 is 41.1 Å². The molecule has 6 heteroatoms. The van der Waals surface area contributed by atoms with Crippen LogP contribution in [0.3, 0.4) is 0 Å². The van der Waals surface area contributed by atoms with Crippen molar-refractivity contribution in [2.75, 3.05) is 0 Å². The standard InChI is InChI=1S/C40H50ClNO4/c1-13-14-15-30(35-27(6)31(38(44)45)21-26(5)42-35)22-40(11,12)28(7)36(43)34-20-25(4)37(46-34)32(39(8,9)10)19-23(2)29-16-17-33(41)24(3)18-29/h16-21,30H,4,7,13-15,22H2,1-3,5-6,8-12H3,(H,44,45)/b23-19+,37-32-. The van der Waals surface area contributed by atoms with E-state index < -0.39 is 11.4 Å². The van der Waals surface area contributed by atoms with Crippen LogP contribution in [0.2, 0.25) is 5.02 Å². The Bertz CT molecular complexity index is 1800. The Hall–Kier alpha value is -3.70. The molecule has 0 bridgehead atoms. The van der Waals surface area contributed by atoms with Gasteiger partial charge in [-0.25, -0.2) is 4.79 Å². The number of hydrogen-bond acceptors (Lipinski definition) is 4. The Morgan fingerprint density at radius 2 is 1.74 bits per heavy atom. The number of carbonyl (C=O) groups excluding carboxylic acids is 1. The van der Waals surface area contributed by atoms with Gasteiger partial charge in [0.25, 0.3) is 0 Å². The lowest BCUT2D eigenvalue weighted by Gasteiger charge is -2.31. The van der Waals surface area contributed by atoms with Crippen molar-refractivity contribution in [1.82, 2.24) is 4.98 Å². The fraction of sp³-hybridized carbons (Fsp3) is 0.425. The number of aryl methyl sites for hydroxylation is 2. The van der Waals surface area contributed by atoms with Gasteiger partial charge in [0, 0.05) is 38.7 Å². The lowest BCUT2D eigenvalue weighted by molar-refractivity contribution is 0.0695. The molecule has 0 saturated carbocycles. The van der Waals surface area contributed by atoms with Crippen molar-refractivity contribution in [3.8, 4) is 0 Å². The highest BCUT2D eigenvalue weighted by Gasteiger charge is 2.34.